The van der Waals surface area contributed by atoms with Crippen LogP contribution in [0.5, 0.6) is 0 Å². The first-order chi connectivity index (χ1) is 10.1. The fourth-order valence-electron chi connectivity index (χ4n) is 3.47. The highest BCUT2D eigenvalue weighted by atomic mass is 14.2. The second-order valence-electron chi connectivity index (χ2n) is 6.36. The number of allylic oxidation sites excluding steroid dienone is 1. The van der Waals surface area contributed by atoms with Crippen LogP contribution in [-0.4, -0.2) is 0 Å². The smallest absolute Gasteiger partial charge is 0.00576 e. The minimum Gasteiger partial charge on any atom is -0.0652 e. The van der Waals surface area contributed by atoms with Crippen molar-refractivity contribution in [1.82, 2.24) is 0 Å². The summed E-state index contributed by atoms with van der Waals surface area (Å²) in [5, 5.41) is 0. The first-order valence-electron chi connectivity index (χ1n) is 7.99. The predicted octanol–water partition coefficient (Wildman–Crippen LogP) is 6.02. The van der Waals surface area contributed by atoms with Gasteiger partial charge >= 0.3 is 0 Å². The summed E-state index contributed by atoms with van der Waals surface area (Å²) in [4.78, 5) is 0. The van der Waals surface area contributed by atoms with E-state index in [1.807, 2.05) is 0 Å². The minimum atomic E-state index is 1.14. The van der Waals surface area contributed by atoms with Crippen molar-refractivity contribution >= 4 is 6.08 Å². The van der Waals surface area contributed by atoms with Crippen molar-refractivity contribution in [3.05, 3.63) is 63.7 Å². The van der Waals surface area contributed by atoms with Gasteiger partial charge in [-0.05, 0) is 67.0 Å². The van der Waals surface area contributed by atoms with Crippen LogP contribution in [-0.2, 0) is 6.42 Å². The summed E-state index contributed by atoms with van der Waals surface area (Å²) in [5.74, 6) is 0. The van der Waals surface area contributed by atoms with Crippen LogP contribution < -0.4 is 0 Å². The maximum atomic E-state index is 2.44. The van der Waals surface area contributed by atoms with Crippen LogP contribution in [0.25, 0.3) is 17.2 Å². The maximum absolute atomic E-state index is 2.44. The molecule has 0 radical (unpaired) electrons. The molecule has 0 fully saturated rings. The Morgan fingerprint density at radius 3 is 2.57 bits per heavy atom. The molecule has 2 aromatic carbocycles. The van der Waals surface area contributed by atoms with Crippen molar-refractivity contribution in [2.75, 3.05) is 0 Å². The van der Waals surface area contributed by atoms with E-state index in [0.29, 0.717) is 0 Å². The number of hydrogen-bond donors (Lipinski definition) is 0. The fraction of sp³-hybridized carbons (Fsp3) is 0.333. The van der Waals surface area contributed by atoms with E-state index in [4.69, 9.17) is 0 Å². The standard InChI is InChI=1S/C21H24/c1-5-7-17-12-18-8-6-9-19(21(18)13-17)20-11-14(2)10-15(3)16(20)4/h6,8-11,13H,5,7,12H2,1-4H3. The van der Waals surface area contributed by atoms with E-state index >= 15 is 0 Å². The molecule has 3 rings (SSSR count). The second kappa shape index (κ2) is 5.52. The van der Waals surface area contributed by atoms with Gasteiger partial charge in [-0.2, -0.15) is 0 Å². The van der Waals surface area contributed by atoms with E-state index < -0.39 is 0 Å². The van der Waals surface area contributed by atoms with Gasteiger partial charge in [0.15, 0.2) is 0 Å². The highest BCUT2D eigenvalue weighted by Crippen LogP contribution is 2.37. The molecule has 21 heavy (non-hydrogen) atoms. The van der Waals surface area contributed by atoms with E-state index in [9.17, 15) is 0 Å². The Kier molecular flexibility index (Phi) is 3.71. The fourth-order valence-corrected chi connectivity index (χ4v) is 3.47. The quantitative estimate of drug-likeness (QED) is 0.643. The number of rotatable bonds is 3. The van der Waals surface area contributed by atoms with E-state index in [1.165, 1.54) is 51.8 Å². The lowest BCUT2D eigenvalue weighted by molar-refractivity contribution is 0.886. The molecular weight excluding hydrogens is 252 g/mol. The average Bonchev–Trinajstić information content (AvgIpc) is 2.85. The first kappa shape index (κ1) is 14.1. The van der Waals surface area contributed by atoms with Crippen molar-refractivity contribution in [1.29, 1.82) is 0 Å². The third kappa shape index (κ3) is 2.55. The zero-order valence-electron chi connectivity index (χ0n) is 13.6. The zero-order chi connectivity index (χ0) is 15.0. The van der Waals surface area contributed by atoms with Gasteiger partial charge in [-0.1, -0.05) is 60.9 Å². The van der Waals surface area contributed by atoms with Crippen LogP contribution in [0.15, 0.2) is 35.9 Å². The molecule has 0 saturated carbocycles. The van der Waals surface area contributed by atoms with Crippen LogP contribution in [0.1, 0.15) is 47.6 Å². The van der Waals surface area contributed by atoms with Crippen molar-refractivity contribution < 1.29 is 0 Å². The molecule has 0 aromatic heterocycles. The molecule has 0 unspecified atom stereocenters. The molecule has 0 heterocycles. The number of hydrogen-bond acceptors (Lipinski definition) is 0. The topological polar surface area (TPSA) is 0 Å². The molecule has 0 amide bonds. The van der Waals surface area contributed by atoms with E-state index in [2.05, 4.69) is 64.1 Å². The van der Waals surface area contributed by atoms with Gasteiger partial charge in [0, 0.05) is 0 Å². The molecule has 0 saturated heterocycles. The Morgan fingerprint density at radius 2 is 1.81 bits per heavy atom. The third-order valence-electron chi connectivity index (χ3n) is 4.64. The lowest BCUT2D eigenvalue weighted by Crippen LogP contribution is -1.93. The predicted molar refractivity (Wildman–Crippen MR) is 92.7 cm³/mol. The van der Waals surface area contributed by atoms with Gasteiger partial charge in [0.2, 0.25) is 0 Å². The monoisotopic (exact) mass is 276 g/mol. The largest absolute Gasteiger partial charge is 0.0652 e. The molecule has 0 N–H and O–H groups in total. The van der Waals surface area contributed by atoms with Crippen LogP contribution in [0, 0.1) is 20.8 Å². The van der Waals surface area contributed by atoms with Crippen molar-refractivity contribution in [2.45, 2.75) is 47.0 Å². The third-order valence-corrected chi connectivity index (χ3v) is 4.64. The molecule has 0 heteroatoms. The molecule has 1 aliphatic carbocycles. The summed E-state index contributed by atoms with van der Waals surface area (Å²) in [5.41, 5.74) is 11.5. The molecular formula is C21H24. The SMILES string of the molecule is CCCC1=Cc2c(cccc2-c2cc(C)cc(C)c2C)C1. The number of aryl methyl sites for hydroxylation is 2. The lowest BCUT2D eigenvalue weighted by atomic mass is 9.91. The second-order valence-corrected chi connectivity index (χ2v) is 6.36. The highest BCUT2D eigenvalue weighted by molar-refractivity contribution is 5.82. The van der Waals surface area contributed by atoms with Crippen LogP contribution in [0.3, 0.4) is 0 Å². The molecule has 0 spiro atoms. The Balaban J connectivity index is 2.16. The Bertz CT molecular complexity index is 717. The van der Waals surface area contributed by atoms with Gasteiger partial charge < -0.3 is 0 Å². The minimum absolute atomic E-state index is 1.14. The van der Waals surface area contributed by atoms with Gasteiger partial charge in [-0.15, -0.1) is 0 Å². The zero-order valence-corrected chi connectivity index (χ0v) is 13.6. The Hall–Kier alpha value is -1.82. The summed E-state index contributed by atoms with van der Waals surface area (Å²) in [6.45, 7) is 8.92. The van der Waals surface area contributed by atoms with Crippen molar-refractivity contribution in [3.63, 3.8) is 0 Å². The summed E-state index contributed by atoms with van der Waals surface area (Å²) >= 11 is 0. The van der Waals surface area contributed by atoms with Crippen LogP contribution in [0.4, 0.5) is 0 Å². The Labute approximate surface area is 128 Å². The summed E-state index contributed by atoms with van der Waals surface area (Å²) in [6.07, 6.45) is 6.03. The molecule has 0 nitrogen and oxygen atoms in total. The van der Waals surface area contributed by atoms with Crippen molar-refractivity contribution in [2.24, 2.45) is 0 Å². The summed E-state index contributed by atoms with van der Waals surface area (Å²) < 4.78 is 0. The number of benzene rings is 2. The first-order valence-corrected chi connectivity index (χ1v) is 7.99. The lowest BCUT2D eigenvalue weighted by Gasteiger charge is -2.14. The Morgan fingerprint density at radius 1 is 1.00 bits per heavy atom. The van der Waals surface area contributed by atoms with E-state index in [0.717, 1.165) is 6.42 Å². The molecule has 2 aromatic rings. The van der Waals surface area contributed by atoms with Gasteiger partial charge in [0.25, 0.3) is 0 Å². The van der Waals surface area contributed by atoms with Crippen molar-refractivity contribution in [3.8, 4) is 11.1 Å². The van der Waals surface area contributed by atoms with Gasteiger partial charge in [0.05, 0.1) is 0 Å². The molecule has 0 atom stereocenters. The van der Waals surface area contributed by atoms with E-state index in [-0.39, 0.29) is 0 Å². The van der Waals surface area contributed by atoms with Gasteiger partial charge in [-0.3, -0.25) is 0 Å². The van der Waals surface area contributed by atoms with Crippen LogP contribution >= 0.6 is 0 Å². The highest BCUT2D eigenvalue weighted by Gasteiger charge is 2.17. The summed E-state index contributed by atoms with van der Waals surface area (Å²) in [6, 6.07) is 11.4. The van der Waals surface area contributed by atoms with E-state index in [1.54, 1.807) is 5.57 Å². The molecule has 0 aliphatic heterocycles. The van der Waals surface area contributed by atoms with Gasteiger partial charge in [-0.25, -0.2) is 0 Å². The average molecular weight is 276 g/mol. The normalized spacial score (nSPS) is 13.2. The van der Waals surface area contributed by atoms with Crippen LogP contribution in [0.2, 0.25) is 0 Å². The number of fused-ring (bicyclic) bond motifs is 1. The summed E-state index contributed by atoms with van der Waals surface area (Å²) in [7, 11) is 0. The van der Waals surface area contributed by atoms with Gasteiger partial charge in [0.1, 0.15) is 0 Å². The molecule has 0 bridgehead atoms. The maximum Gasteiger partial charge on any atom is -0.00576 e. The molecule has 108 valence electrons. The molecule has 1 aliphatic rings.